The Morgan fingerprint density at radius 1 is 1.29 bits per heavy atom. The van der Waals surface area contributed by atoms with E-state index in [1.165, 1.54) is 25.7 Å². The van der Waals surface area contributed by atoms with Gasteiger partial charge >= 0.3 is 0 Å². The first-order valence-corrected chi connectivity index (χ1v) is 6.69. The monoisotopic (exact) mass is 237 g/mol. The molecule has 1 aromatic heterocycles. The van der Waals surface area contributed by atoms with Crippen molar-refractivity contribution < 1.29 is 4.42 Å². The molecule has 0 radical (unpaired) electrons. The van der Waals surface area contributed by atoms with E-state index in [4.69, 9.17) is 4.42 Å². The second-order valence-corrected chi connectivity index (χ2v) is 5.39. The van der Waals surface area contributed by atoms with Gasteiger partial charge in [0, 0.05) is 13.0 Å². The Morgan fingerprint density at radius 2 is 2.06 bits per heavy atom. The topological polar surface area (TPSA) is 51.0 Å². The summed E-state index contributed by atoms with van der Waals surface area (Å²) >= 11 is 0. The average molecular weight is 237 g/mol. The average Bonchev–Trinajstić information content (AvgIpc) is 2.73. The molecule has 0 aromatic carbocycles. The zero-order valence-electron chi connectivity index (χ0n) is 11.1. The number of nitrogens with zero attached hydrogens (tertiary/aromatic N) is 2. The van der Waals surface area contributed by atoms with Crippen LogP contribution in [0.25, 0.3) is 0 Å². The standard InChI is InChI=1S/C13H23N3O/c1-9(2)11-6-4-5-7-12(11)14-8-13-16-15-10(3)17-13/h9,11-12,14H,4-8H2,1-3H3. The zero-order chi connectivity index (χ0) is 12.3. The number of rotatable bonds is 4. The third-order valence-electron chi connectivity index (χ3n) is 3.76. The van der Waals surface area contributed by atoms with Gasteiger partial charge in [0.25, 0.3) is 0 Å². The van der Waals surface area contributed by atoms with Crippen LogP contribution in [0.3, 0.4) is 0 Å². The van der Waals surface area contributed by atoms with E-state index in [1.54, 1.807) is 0 Å². The molecule has 1 N–H and O–H groups in total. The molecule has 2 rings (SSSR count). The van der Waals surface area contributed by atoms with Crippen LogP contribution in [0.5, 0.6) is 0 Å². The summed E-state index contributed by atoms with van der Waals surface area (Å²) in [7, 11) is 0. The summed E-state index contributed by atoms with van der Waals surface area (Å²) in [6, 6.07) is 0.607. The highest BCUT2D eigenvalue weighted by Crippen LogP contribution is 2.30. The van der Waals surface area contributed by atoms with E-state index in [2.05, 4.69) is 29.4 Å². The lowest BCUT2D eigenvalue weighted by Gasteiger charge is -2.34. The van der Waals surface area contributed by atoms with Crippen molar-refractivity contribution in [3.63, 3.8) is 0 Å². The molecule has 4 nitrogen and oxygen atoms in total. The second kappa shape index (κ2) is 5.63. The van der Waals surface area contributed by atoms with Gasteiger partial charge in [0.1, 0.15) is 0 Å². The van der Waals surface area contributed by atoms with Gasteiger partial charge in [0.2, 0.25) is 11.8 Å². The molecule has 2 atom stereocenters. The van der Waals surface area contributed by atoms with E-state index >= 15 is 0 Å². The van der Waals surface area contributed by atoms with E-state index in [0.717, 1.165) is 11.8 Å². The van der Waals surface area contributed by atoms with Crippen LogP contribution in [0.15, 0.2) is 4.42 Å². The van der Waals surface area contributed by atoms with E-state index in [-0.39, 0.29) is 0 Å². The van der Waals surface area contributed by atoms with Gasteiger partial charge in [-0.25, -0.2) is 0 Å². The quantitative estimate of drug-likeness (QED) is 0.874. The molecule has 1 fully saturated rings. The molecule has 0 aliphatic heterocycles. The van der Waals surface area contributed by atoms with Crippen molar-refractivity contribution in [3.8, 4) is 0 Å². The Balaban J connectivity index is 1.88. The molecule has 4 heteroatoms. The van der Waals surface area contributed by atoms with Crippen LogP contribution in [0.2, 0.25) is 0 Å². The maximum atomic E-state index is 5.39. The summed E-state index contributed by atoms with van der Waals surface area (Å²) < 4.78 is 5.39. The Hall–Kier alpha value is -0.900. The summed E-state index contributed by atoms with van der Waals surface area (Å²) in [6.45, 7) is 7.17. The summed E-state index contributed by atoms with van der Waals surface area (Å²) in [5.74, 6) is 2.88. The first-order chi connectivity index (χ1) is 8.16. The Kier molecular flexibility index (Phi) is 4.15. The molecule has 0 bridgehead atoms. The van der Waals surface area contributed by atoms with Crippen molar-refractivity contribution in [2.24, 2.45) is 11.8 Å². The molecule has 0 spiro atoms. The molecule has 0 saturated heterocycles. The molecule has 96 valence electrons. The highest BCUT2D eigenvalue weighted by molar-refractivity contribution is 4.85. The SMILES string of the molecule is Cc1nnc(CNC2CCCCC2C(C)C)o1. The minimum Gasteiger partial charge on any atom is -0.424 e. The molecule has 1 aliphatic rings. The number of aryl methyl sites for hydroxylation is 1. The van der Waals surface area contributed by atoms with Gasteiger partial charge in [0.15, 0.2) is 0 Å². The minimum atomic E-state index is 0.607. The lowest BCUT2D eigenvalue weighted by Crippen LogP contribution is -2.40. The van der Waals surface area contributed by atoms with Crippen molar-refractivity contribution in [3.05, 3.63) is 11.8 Å². The van der Waals surface area contributed by atoms with Crippen molar-refractivity contribution in [1.29, 1.82) is 0 Å². The highest BCUT2D eigenvalue weighted by atomic mass is 16.4. The molecule has 1 aromatic rings. The van der Waals surface area contributed by atoms with Gasteiger partial charge in [-0.2, -0.15) is 0 Å². The van der Waals surface area contributed by atoms with Gasteiger partial charge in [-0.05, 0) is 24.7 Å². The molecule has 0 amide bonds. The van der Waals surface area contributed by atoms with Crippen LogP contribution >= 0.6 is 0 Å². The van der Waals surface area contributed by atoms with E-state index in [0.29, 0.717) is 24.4 Å². The Labute approximate surface area is 103 Å². The maximum absolute atomic E-state index is 5.39. The number of aromatic nitrogens is 2. The highest BCUT2D eigenvalue weighted by Gasteiger charge is 2.27. The third kappa shape index (κ3) is 3.28. The van der Waals surface area contributed by atoms with Gasteiger partial charge in [0.05, 0.1) is 6.54 Å². The number of hydrogen-bond acceptors (Lipinski definition) is 4. The Bertz CT molecular complexity index is 348. The number of hydrogen-bond donors (Lipinski definition) is 1. The fourth-order valence-electron chi connectivity index (χ4n) is 2.84. The molecule has 1 saturated carbocycles. The van der Waals surface area contributed by atoms with E-state index in [9.17, 15) is 0 Å². The first-order valence-electron chi connectivity index (χ1n) is 6.69. The van der Waals surface area contributed by atoms with Crippen molar-refractivity contribution >= 4 is 0 Å². The second-order valence-electron chi connectivity index (χ2n) is 5.39. The lowest BCUT2D eigenvalue weighted by atomic mass is 9.78. The summed E-state index contributed by atoms with van der Waals surface area (Å²) in [6.07, 6.45) is 5.33. The smallest absolute Gasteiger partial charge is 0.230 e. The van der Waals surface area contributed by atoms with E-state index in [1.807, 2.05) is 6.92 Å². The van der Waals surface area contributed by atoms with E-state index < -0.39 is 0 Å². The summed E-state index contributed by atoms with van der Waals surface area (Å²) in [5, 5.41) is 11.5. The fraction of sp³-hybridized carbons (Fsp3) is 0.846. The zero-order valence-corrected chi connectivity index (χ0v) is 11.1. The van der Waals surface area contributed by atoms with Gasteiger partial charge in [-0.15, -0.1) is 10.2 Å². The summed E-state index contributed by atoms with van der Waals surface area (Å²) in [5.41, 5.74) is 0. The predicted octanol–water partition coefficient (Wildman–Crippen LogP) is 2.68. The van der Waals surface area contributed by atoms with Crippen molar-refractivity contribution in [2.75, 3.05) is 0 Å². The van der Waals surface area contributed by atoms with Crippen LogP contribution in [0, 0.1) is 18.8 Å². The molecule has 1 aliphatic carbocycles. The van der Waals surface area contributed by atoms with Crippen LogP contribution in [-0.2, 0) is 6.54 Å². The first kappa shape index (κ1) is 12.6. The van der Waals surface area contributed by atoms with Gasteiger partial charge < -0.3 is 9.73 Å². The van der Waals surface area contributed by atoms with Crippen LogP contribution in [0.1, 0.15) is 51.3 Å². The molecular formula is C13H23N3O. The van der Waals surface area contributed by atoms with Gasteiger partial charge in [-0.1, -0.05) is 26.7 Å². The number of nitrogens with one attached hydrogen (secondary N) is 1. The predicted molar refractivity (Wildman–Crippen MR) is 66.5 cm³/mol. The molecule has 17 heavy (non-hydrogen) atoms. The molecule has 1 heterocycles. The van der Waals surface area contributed by atoms with Crippen LogP contribution in [0.4, 0.5) is 0 Å². The maximum Gasteiger partial charge on any atom is 0.230 e. The molecular weight excluding hydrogens is 214 g/mol. The largest absolute Gasteiger partial charge is 0.424 e. The molecule has 2 unspecified atom stereocenters. The minimum absolute atomic E-state index is 0.607. The normalized spacial score (nSPS) is 25.4. The van der Waals surface area contributed by atoms with Crippen molar-refractivity contribution in [1.82, 2.24) is 15.5 Å². The lowest BCUT2D eigenvalue weighted by molar-refractivity contribution is 0.200. The third-order valence-corrected chi connectivity index (χ3v) is 3.76. The fourth-order valence-corrected chi connectivity index (χ4v) is 2.84. The van der Waals surface area contributed by atoms with Crippen LogP contribution < -0.4 is 5.32 Å². The van der Waals surface area contributed by atoms with Gasteiger partial charge in [-0.3, -0.25) is 0 Å². The summed E-state index contributed by atoms with van der Waals surface area (Å²) in [4.78, 5) is 0. The Morgan fingerprint density at radius 3 is 2.71 bits per heavy atom. The van der Waals surface area contributed by atoms with Crippen molar-refractivity contribution in [2.45, 2.75) is 59.0 Å². The van der Waals surface area contributed by atoms with Crippen LogP contribution in [-0.4, -0.2) is 16.2 Å².